The number of aryl methyl sites for hydroxylation is 1. The Morgan fingerprint density at radius 3 is 2.79 bits per heavy atom. The second-order valence-electron chi connectivity index (χ2n) is 4.90. The number of methoxy groups -OCH3 is 1. The van der Waals surface area contributed by atoms with Crippen LogP contribution in [0.25, 0.3) is 0 Å². The zero-order valence-electron chi connectivity index (χ0n) is 11.1. The number of rotatable bonds is 3. The molecule has 0 radical (unpaired) electrons. The highest BCUT2D eigenvalue weighted by molar-refractivity contribution is 7.91. The van der Waals surface area contributed by atoms with E-state index in [2.05, 4.69) is 5.32 Å². The molecule has 0 spiro atoms. The lowest BCUT2D eigenvalue weighted by molar-refractivity contribution is 0.415. The van der Waals surface area contributed by atoms with Gasteiger partial charge in [-0.3, -0.25) is 0 Å². The Morgan fingerprint density at radius 1 is 1.42 bits per heavy atom. The van der Waals surface area contributed by atoms with Crippen molar-refractivity contribution in [2.75, 3.05) is 23.9 Å². The summed E-state index contributed by atoms with van der Waals surface area (Å²) in [6.07, 6.45) is 1.55. The van der Waals surface area contributed by atoms with Gasteiger partial charge < -0.3 is 10.1 Å². The lowest BCUT2D eigenvalue weighted by Crippen LogP contribution is -2.34. The van der Waals surface area contributed by atoms with Crippen LogP contribution in [0.4, 0.5) is 5.69 Å². The molecule has 106 valence electrons. The molecule has 1 heterocycles. The van der Waals surface area contributed by atoms with E-state index in [-0.39, 0.29) is 11.8 Å². The minimum absolute atomic E-state index is 0.0618. The maximum absolute atomic E-state index is 11.6. The third kappa shape index (κ3) is 3.54. The molecule has 0 aliphatic carbocycles. The lowest BCUT2D eigenvalue weighted by atomic mass is 10.1. The first-order valence-corrected chi connectivity index (χ1v) is 8.42. The van der Waals surface area contributed by atoms with Gasteiger partial charge in [0.05, 0.1) is 24.3 Å². The number of hydrogen-bond acceptors (Lipinski definition) is 4. The van der Waals surface area contributed by atoms with E-state index in [0.717, 1.165) is 17.7 Å². The van der Waals surface area contributed by atoms with Crippen molar-refractivity contribution in [3.8, 4) is 5.75 Å². The molecule has 1 fully saturated rings. The van der Waals surface area contributed by atoms with Crippen molar-refractivity contribution in [2.45, 2.75) is 25.8 Å². The average molecular weight is 304 g/mol. The van der Waals surface area contributed by atoms with E-state index in [0.29, 0.717) is 22.9 Å². The van der Waals surface area contributed by atoms with Crippen LogP contribution in [-0.2, 0) is 9.84 Å². The first-order valence-electron chi connectivity index (χ1n) is 6.22. The van der Waals surface area contributed by atoms with Gasteiger partial charge in [-0.25, -0.2) is 8.42 Å². The highest BCUT2D eigenvalue weighted by Crippen LogP contribution is 2.32. The maximum atomic E-state index is 11.6. The zero-order valence-corrected chi connectivity index (χ0v) is 12.6. The molecule has 6 heteroatoms. The molecule has 0 aromatic heterocycles. The average Bonchev–Trinajstić information content (AvgIpc) is 2.32. The minimum Gasteiger partial charge on any atom is -0.495 e. The number of halogens is 1. The summed E-state index contributed by atoms with van der Waals surface area (Å²) in [4.78, 5) is 0. The van der Waals surface area contributed by atoms with E-state index in [1.54, 1.807) is 13.2 Å². The Hall–Kier alpha value is -0.940. The number of anilines is 1. The summed E-state index contributed by atoms with van der Waals surface area (Å²) in [7, 11) is -1.35. The second-order valence-corrected chi connectivity index (χ2v) is 7.54. The van der Waals surface area contributed by atoms with Crippen molar-refractivity contribution in [3.05, 3.63) is 22.7 Å². The standard InChI is InChI=1S/C13H18ClNO3S/c1-9-6-12(13(18-2)7-11(9)14)15-10-4-3-5-19(16,17)8-10/h6-7,10,15H,3-5,8H2,1-2H3. The van der Waals surface area contributed by atoms with E-state index in [9.17, 15) is 8.42 Å². The zero-order chi connectivity index (χ0) is 14.0. The van der Waals surface area contributed by atoms with Gasteiger partial charge in [0.1, 0.15) is 5.75 Å². The van der Waals surface area contributed by atoms with Gasteiger partial charge in [-0.15, -0.1) is 0 Å². The van der Waals surface area contributed by atoms with Crippen molar-refractivity contribution >= 4 is 27.1 Å². The first-order chi connectivity index (χ1) is 8.91. The third-order valence-corrected chi connectivity index (χ3v) is 5.53. The van der Waals surface area contributed by atoms with Gasteiger partial charge in [0.2, 0.25) is 0 Å². The van der Waals surface area contributed by atoms with Crippen LogP contribution in [0.1, 0.15) is 18.4 Å². The Labute approximate surface area is 119 Å². The topological polar surface area (TPSA) is 55.4 Å². The molecule has 1 aromatic rings. The van der Waals surface area contributed by atoms with Crippen LogP contribution in [-0.4, -0.2) is 33.1 Å². The Morgan fingerprint density at radius 2 is 2.16 bits per heavy atom. The SMILES string of the molecule is COc1cc(Cl)c(C)cc1NC1CCCS(=O)(=O)C1. The lowest BCUT2D eigenvalue weighted by Gasteiger charge is -2.25. The molecule has 0 amide bonds. The summed E-state index contributed by atoms with van der Waals surface area (Å²) in [5.41, 5.74) is 1.73. The number of sulfone groups is 1. The number of benzene rings is 1. The molecule has 19 heavy (non-hydrogen) atoms. The molecule has 1 atom stereocenters. The van der Waals surface area contributed by atoms with Crippen LogP contribution >= 0.6 is 11.6 Å². The van der Waals surface area contributed by atoms with Crippen LogP contribution in [0, 0.1) is 6.92 Å². The van der Waals surface area contributed by atoms with Crippen molar-refractivity contribution in [1.29, 1.82) is 0 Å². The predicted octanol–water partition coefficient (Wildman–Crippen LogP) is 2.65. The Balaban J connectivity index is 2.21. The van der Waals surface area contributed by atoms with Gasteiger partial charge in [-0.2, -0.15) is 0 Å². The number of ether oxygens (including phenoxy) is 1. The fourth-order valence-electron chi connectivity index (χ4n) is 2.30. The second kappa shape index (κ2) is 5.59. The van der Waals surface area contributed by atoms with E-state index >= 15 is 0 Å². The molecule has 2 rings (SSSR count). The van der Waals surface area contributed by atoms with E-state index < -0.39 is 9.84 Å². The van der Waals surface area contributed by atoms with E-state index in [1.807, 2.05) is 13.0 Å². The number of nitrogens with one attached hydrogen (secondary N) is 1. The van der Waals surface area contributed by atoms with E-state index in [4.69, 9.17) is 16.3 Å². The van der Waals surface area contributed by atoms with Gasteiger partial charge in [0.15, 0.2) is 9.84 Å². The van der Waals surface area contributed by atoms with Gasteiger partial charge in [-0.05, 0) is 31.4 Å². The molecule has 0 saturated carbocycles. The van der Waals surface area contributed by atoms with Crippen LogP contribution in [0.5, 0.6) is 5.75 Å². The smallest absolute Gasteiger partial charge is 0.152 e. The molecule has 4 nitrogen and oxygen atoms in total. The minimum atomic E-state index is -2.92. The molecule has 1 N–H and O–H groups in total. The first kappa shape index (κ1) is 14.5. The van der Waals surface area contributed by atoms with E-state index in [1.165, 1.54) is 0 Å². The summed E-state index contributed by atoms with van der Waals surface area (Å²) in [6.45, 7) is 1.91. The highest BCUT2D eigenvalue weighted by atomic mass is 35.5. The van der Waals surface area contributed by atoms with Crippen molar-refractivity contribution in [2.24, 2.45) is 0 Å². The van der Waals surface area contributed by atoms with Gasteiger partial charge in [0, 0.05) is 17.1 Å². The molecule has 0 bridgehead atoms. The molecular weight excluding hydrogens is 286 g/mol. The van der Waals surface area contributed by atoms with Crippen LogP contribution < -0.4 is 10.1 Å². The van der Waals surface area contributed by atoms with Crippen molar-refractivity contribution < 1.29 is 13.2 Å². The van der Waals surface area contributed by atoms with Crippen molar-refractivity contribution in [3.63, 3.8) is 0 Å². The maximum Gasteiger partial charge on any atom is 0.152 e. The third-order valence-electron chi connectivity index (χ3n) is 3.30. The van der Waals surface area contributed by atoms with Crippen molar-refractivity contribution in [1.82, 2.24) is 0 Å². The van der Waals surface area contributed by atoms with Gasteiger partial charge in [-0.1, -0.05) is 11.6 Å². The fraction of sp³-hybridized carbons (Fsp3) is 0.538. The summed E-state index contributed by atoms with van der Waals surface area (Å²) >= 11 is 6.05. The molecule has 1 aromatic carbocycles. The normalized spacial score (nSPS) is 21.9. The highest BCUT2D eigenvalue weighted by Gasteiger charge is 2.25. The fourth-order valence-corrected chi connectivity index (χ4v) is 4.09. The molecular formula is C13H18ClNO3S. The Bertz CT molecular complexity index is 571. The molecule has 1 aliphatic heterocycles. The summed E-state index contributed by atoms with van der Waals surface area (Å²) < 4.78 is 28.5. The largest absolute Gasteiger partial charge is 0.495 e. The number of hydrogen-bond donors (Lipinski definition) is 1. The summed E-state index contributed by atoms with van der Waals surface area (Å²) in [6, 6.07) is 3.58. The monoisotopic (exact) mass is 303 g/mol. The summed E-state index contributed by atoms with van der Waals surface area (Å²) in [5, 5.41) is 3.90. The molecule has 1 saturated heterocycles. The molecule has 1 unspecified atom stereocenters. The predicted molar refractivity (Wildman–Crippen MR) is 78.0 cm³/mol. The Kier molecular flexibility index (Phi) is 4.26. The van der Waals surface area contributed by atoms with Crippen LogP contribution in [0.3, 0.4) is 0 Å². The quantitative estimate of drug-likeness (QED) is 0.932. The van der Waals surface area contributed by atoms with Gasteiger partial charge >= 0.3 is 0 Å². The summed E-state index contributed by atoms with van der Waals surface area (Å²) in [5.74, 6) is 1.11. The van der Waals surface area contributed by atoms with Gasteiger partial charge in [0.25, 0.3) is 0 Å². The molecule has 1 aliphatic rings. The van der Waals surface area contributed by atoms with Crippen LogP contribution in [0.2, 0.25) is 5.02 Å². The van der Waals surface area contributed by atoms with Crippen LogP contribution in [0.15, 0.2) is 12.1 Å².